The number of halogens is 1. The molecule has 1 aliphatic rings. The molecule has 134 valence electrons. The Hall–Kier alpha value is -3.32. The van der Waals surface area contributed by atoms with Crippen LogP contribution in [0.4, 0.5) is 10.1 Å². The zero-order valence-electron chi connectivity index (χ0n) is 13.8. The number of rotatable bonds is 2. The molecule has 0 saturated heterocycles. The fourth-order valence-corrected chi connectivity index (χ4v) is 4.66. The maximum Gasteiger partial charge on any atom is 0.255 e. The molecular formula is C20H12FNO4S. The van der Waals surface area contributed by atoms with Gasteiger partial charge >= 0.3 is 0 Å². The van der Waals surface area contributed by atoms with Crippen molar-refractivity contribution in [3.63, 3.8) is 0 Å². The first-order valence-electron chi connectivity index (χ1n) is 7.98. The molecular weight excluding hydrogens is 369 g/mol. The Labute approximate surface area is 154 Å². The van der Waals surface area contributed by atoms with E-state index in [1.807, 2.05) is 0 Å². The van der Waals surface area contributed by atoms with Crippen LogP contribution in [-0.4, -0.2) is 20.1 Å². The second-order valence-electron chi connectivity index (χ2n) is 5.97. The summed E-state index contributed by atoms with van der Waals surface area (Å²) in [7, 11) is -3.95. The van der Waals surface area contributed by atoms with Gasteiger partial charge in [0, 0.05) is 16.7 Å². The number of hydrogen-bond donors (Lipinski definition) is 1. The summed E-state index contributed by atoms with van der Waals surface area (Å²) in [6, 6.07) is 15.4. The summed E-state index contributed by atoms with van der Waals surface area (Å²) in [6.07, 6.45) is 0. The Kier molecular flexibility index (Phi) is 3.89. The highest BCUT2D eigenvalue weighted by atomic mass is 32.2. The van der Waals surface area contributed by atoms with E-state index in [0.29, 0.717) is 0 Å². The lowest BCUT2D eigenvalue weighted by molar-refractivity contribution is 0.101. The first-order valence-corrected chi connectivity index (χ1v) is 9.46. The predicted molar refractivity (Wildman–Crippen MR) is 96.1 cm³/mol. The molecule has 0 fully saturated rings. The lowest BCUT2D eigenvalue weighted by Gasteiger charge is -2.19. The summed E-state index contributed by atoms with van der Waals surface area (Å²) < 4.78 is 39.5. The van der Waals surface area contributed by atoms with Crippen molar-refractivity contribution in [3.8, 4) is 0 Å². The van der Waals surface area contributed by atoms with Crippen molar-refractivity contribution >= 4 is 27.2 Å². The highest BCUT2D eigenvalue weighted by Crippen LogP contribution is 2.34. The van der Waals surface area contributed by atoms with Crippen LogP contribution < -0.4 is 5.32 Å². The van der Waals surface area contributed by atoms with E-state index in [2.05, 4.69) is 5.32 Å². The van der Waals surface area contributed by atoms with Gasteiger partial charge in [-0.05, 0) is 42.5 Å². The molecule has 0 unspecified atom stereocenters. The van der Waals surface area contributed by atoms with Crippen LogP contribution in [0.3, 0.4) is 0 Å². The second-order valence-corrected chi connectivity index (χ2v) is 7.86. The first-order chi connectivity index (χ1) is 12.9. The molecule has 0 radical (unpaired) electrons. The molecule has 0 aliphatic carbocycles. The number of para-hydroxylation sites is 1. The van der Waals surface area contributed by atoms with E-state index in [0.717, 1.165) is 6.07 Å². The lowest BCUT2D eigenvalue weighted by atomic mass is 10.0. The van der Waals surface area contributed by atoms with E-state index in [1.165, 1.54) is 48.5 Å². The number of amides is 1. The van der Waals surface area contributed by atoms with Crippen LogP contribution >= 0.6 is 0 Å². The van der Waals surface area contributed by atoms with Crippen LogP contribution in [0.15, 0.2) is 76.5 Å². The average Bonchev–Trinajstić information content (AvgIpc) is 2.68. The van der Waals surface area contributed by atoms with Crippen molar-refractivity contribution in [2.45, 2.75) is 9.79 Å². The molecule has 1 heterocycles. The fraction of sp³-hybridized carbons (Fsp3) is 0. The fourth-order valence-electron chi connectivity index (χ4n) is 2.98. The summed E-state index contributed by atoms with van der Waals surface area (Å²) in [6.45, 7) is 0. The van der Waals surface area contributed by atoms with Crippen molar-refractivity contribution in [2.75, 3.05) is 5.32 Å². The summed E-state index contributed by atoms with van der Waals surface area (Å²) >= 11 is 0. The Morgan fingerprint density at radius 2 is 1.52 bits per heavy atom. The highest BCUT2D eigenvalue weighted by molar-refractivity contribution is 7.91. The molecule has 0 bridgehead atoms. The molecule has 1 N–H and O–H groups in total. The molecule has 0 atom stereocenters. The molecule has 1 aliphatic heterocycles. The molecule has 1 amide bonds. The third kappa shape index (κ3) is 2.72. The van der Waals surface area contributed by atoms with Crippen molar-refractivity contribution < 1.29 is 22.4 Å². The smallest absolute Gasteiger partial charge is 0.255 e. The minimum atomic E-state index is -3.95. The topological polar surface area (TPSA) is 80.3 Å². The molecule has 7 heteroatoms. The average molecular weight is 381 g/mol. The van der Waals surface area contributed by atoms with Crippen molar-refractivity contribution in [1.82, 2.24) is 0 Å². The minimum Gasteiger partial charge on any atom is -0.319 e. The van der Waals surface area contributed by atoms with Gasteiger partial charge in [0.25, 0.3) is 5.91 Å². The van der Waals surface area contributed by atoms with Gasteiger partial charge in [-0.1, -0.05) is 24.3 Å². The Morgan fingerprint density at radius 3 is 2.30 bits per heavy atom. The number of carbonyl (C=O) groups excluding carboxylic acids is 2. The van der Waals surface area contributed by atoms with E-state index < -0.39 is 27.3 Å². The zero-order valence-corrected chi connectivity index (χ0v) is 14.6. The van der Waals surface area contributed by atoms with Gasteiger partial charge < -0.3 is 5.32 Å². The van der Waals surface area contributed by atoms with Gasteiger partial charge in [-0.2, -0.15) is 0 Å². The number of benzene rings is 3. The summed E-state index contributed by atoms with van der Waals surface area (Å²) in [4.78, 5) is 24.7. The number of fused-ring (bicyclic) bond motifs is 2. The number of anilines is 1. The van der Waals surface area contributed by atoms with Crippen LogP contribution in [0.1, 0.15) is 26.3 Å². The number of hydrogen-bond acceptors (Lipinski definition) is 4. The van der Waals surface area contributed by atoms with Crippen molar-refractivity contribution in [2.24, 2.45) is 0 Å². The molecule has 0 saturated carbocycles. The minimum absolute atomic E-state index is 0.00718. The Bertz CT molecular complexity index is 1220. The summed E-state index contributed by atoms with van der Waals surface area (Å²) in [5.74, 6) is -1.71. The SMILES string of the molecule is O=C(Nc1ccccc1F)c1ccc2c(c1)S(=O)(=O)c1ccccc1C2=O. The molecule has 3 aromatic carbocycles. The monoisotopic (exact) mass is 381 g/mol. The molecule has 3 aromatic rings. The summed E-state index contributed by atoms with van der Waals surface area (Å²) in [5, 5.41) is 2.40. The van der Waals surface area contributed by atoms with E-state index >= 15 is 0 Å². The Morgan fingerprint density at radius 1 is 0.852 bits per heavy atom. The van der Waals surface area contributed by atoms with Gasteiger partial charge in [0.2, 0.25) is 9.84 Å². The number of carbonyl (C=O) groups is 2. The molecule has 0 aromatic heterocycles. The normalized spacial score (nSPS) is 14.2. The number of sulfone groups is 1. The third-order valence-electron chi connectivity index (χ3n) is 4.32. The van der Waals surface area contributed by atoms with Gasteiger partial charge in [0.05, 0.1) is 15.5 Å². The van der Waals surface area contributed by atoms with Gasteiger partial charge in [-0.15, -0.1) is 0 Å². The highest BCUT2D eigenvalue weighted by Gasteiger charge is 2.35. The van der Waals surface area contributed by atoms with Gasteiger partial charge in [-0.3, -0.25) is 9.59 Å². The van der Waals surface area contributed by atoms with E-state index in [4.69, 9.17) is 0 Å². The maximum atomic E-state index is 13.7. The van der Waals surface area contributed by atoms with Gasteiger partial charge in [0.1, 0.15) is 5.82 Å². The summed E-state index contributed by atoms with van der Waals surface area (Å²) in [5.41, 5.74) is 0.0990. The third-order valence-corrected chi connectivity index (χ3v) is 6.17. The van der Waals surface area contributed by atoms with Crippen LogP contribution in [0, 0.1) is 5.82 Å². The lowest BCUT2D eigenvalue weighted by Crippen LogP contribution is -2.21. The van der Waals surface area contributed by atoms with Gasteiger partial charge in [-0.25, -0.2) is 12.8 Å². The van der Waals surface area contributed by atoms with E-state index in [9.17, 15) is 22.4 Å². The zero-order chi connectivity index (χ0) is 19.2. The molecule has 27 heavy (non-hydrogen) atoms. The van der Waals surface area contributed by atoms with Crippen LogP contribution in [0.5, 0.6) is 0 Å². The van der Waals surface area contributed by atoms with E-state index in [-0.39, 0.29) is 32.2 Å². The molecule has 5 nitrogen and oxygen atoms in total. The van der Waals surface area contributed by atoms with Crippen LogP contribution in [0.25, 0.3) is 0 Å². The predicted octanol–water partition coefficient (Wildman–Crippen LogP) is 3.46. The van der Waals surface area contributed by atoms with Crippen LogP contribution in [0.2, 0.25) is 0 Å². The Balaban J connectivity index is 1.78. The number of ketones is 1. The van der Waals surface area contributed by atoms with Gasteiger partial charge in [0.15, 0.2) is 5.78 Å². The first kappa shape index (κ1) is 17.1. The van der Waals surface area contributed by atoms with E-state index in [1.54, 1.807) is 12.1 Å². The second kappa shape index (κ2) is 6.14. The quantitative estimate of drug-likeness (QED) is 0.577. The van der Waals surface area contributed by atoms with Crippen molar-refractivity contribution in [3.05, 3.63) is 89.2 Å². The standard InChI is InChI=1S/C20H12FNO4S/c21-15-6-2-3-7-16(15)22-20(24)12-9-10-14-18(11-12)27(25,26)17-8-4-1-5-13(17)19(14)23/h1-11H,(H,22,24). The maximum absolute atomic E-state index is 13.7. The van der Waals surface area contributed by atoms with Crippen LogP contribution in [-0.2, 0) is 9.84 Å². The largest absolute Gasteiger partial charge is 0.319 e. The molecule has 0 spiro atoms. The number of nitrogens with one attached hydrogen (secondary N) is 1. The molecule has 4 rings (SSSR count). The van der Waals surface area contributed by atoms with Crippen molar-refractivity contribution in [1.29, 1.82) is 0 Å².